The van der Waals surface area contributed by atoms with Crippen LogP contribution in [0.1, 0.15) is 22.3 Å². The van der Waals surface area contributed by atoms with Gasteiger partial charge in [0.15, 0.2) is 0 Å². The summed E-state index contributed by atoms with van der Waals surface area (Å²) in [4.78, 5) is 0. The van der Waals surface area contributed by atoms with E-state index in [9.17, 15) is 0 Å². The molecule has 0 spiro atoms. The maximum absolute atomic E-state index is 3.30. The standard InChI is InChI=1S/2C13H9.3ClH.Zr/c2*1-3-7-12-10(5-1)9-11-6-2-4-8-13(11)12;;;;/h2*1-5,7-8H,9H2;3*1H;/q2*-1;;;;+3/p-3. The molecule has 6 rings (SSSR count). The minimum atomic E-state index is 0. The molecule has 0 saturated carbocycles. The molecular formula is C26H18Cl3Zr-2. The van der Waals surface area contributed by atoms with Crippen LogP contribution in [0.3, 0.4) is 0 Å². The third-order valence-electron chi connectivity index (χ3n) is 5.23. The molecule has 0 amide bonds. The molecule has 4 heteroatoms. The van der Waals surface area contributed by atoms with Crippen LogP contribution in [-0.4, -0.2) is 0 Å². The van der Waals surface area contributed by atoms with Gasteiger partial charge in [0.05, 0.1) is 0 Å². The Balaban J connectivity index is 0.000000265. The van der Waals surface area contributed by atoms with Gasteiger partial charge in [0.25, 0.3) is 0 Å². The maximum atomic E-state index is 3.30. The predicted molar refractivity (Wildman–Crippen MR) is 107 cm³/mol. The molecule has 0 nitrogen and oxygen atoms in total. The molecule has 0 bridgehead atoms. The molecule has 0 heterocycles. The second-order valence-electron chi connectivity index (χ2n) is 6.79. The molecule has 149 valence electrons. The summed E-state index contributed by atoms with van der Waals surface area (Å²) < 4.78 is 0. The van der Waals surface area contributed by atoms with Crippen LogP contribution in [0.5, 0.6) is 0 Å². The summed E-state index contributed by atoms with van der Waals surface area (Å²) in [7, 11) is 0. The Bertz CT molecular complexity index is 932. The molecule has 2 aliphatic rings. The summed E-state index contributed by atoms with van der Waals surface area (Å²) in [6, 6.07) is 36.2. The number of hydrogen-bond donors (Lipinski definition) is 0. The van der Waals surface area contributed by atoms with E-state index in [2.05, 4.69) is 84.9 Å². The van der Waals surface area contributed by atoms with Gasteiger partial charge in [0.1, 0.15) is 0 Å². The predicted octanol–water partition coefficient (Wildman–Crippen LogP) is -2.87. The fourth-order valence-corrected chi connectivity index (χ4v) is 4.00. The molecule has 0 fully saturated rings. The van der Waals surface area contributed by atoms with Crippen LogP contribution in [0, 0.1) is 12.1 Å². The zero-order valence-corrected chi connectivity index (χ0v) is 20.9. The first-order valence-corrected chi connectivity index (χ1v) is 9.06. The summed E-state index contributed by atoms with van der Waals surface area (Å²) in [6.07, 6.45) is 2.10. The second-order valence-corrected chi connectivity index (χ2v) is 6.79. The Morgan fingerprint density at radius 2 is 0.833 bits per heavy atom. The summed E-state index contributed by atoms with van der Waals surface area (Å²) in [5, 5.41) is 0. The van der Waals surface area contributed by atoms with Gasteiger partial charge in [-0.05, 0) is 12.8 Å². The first-order valence-electron chi connectivity index (χ1n) is 9.06. The molecular weight excluding hydrogens is 510 g/mol. The molecule has 4 aromatic rings. The molecule has 0 N–H and O–H groups in total. The Morgan fingerprint density at radius 1 is 0.467 bits per heavy atom. The van der Waals surface area contributed by atoms with E-state index >= 15 is 0 Å². The molecule has 0 unspecified atom stereocenters. The third-order valence-corrected chi connectivity index (χ3v) is 5.23. The molecule has 1 radical (unpaired) electrons. The molecule has 0 aromatic heterocycles. The first kappa shape index (κ1) is 26.7. The van der Waals surface area contributed by atoms with Crippen molar-refractivity contribution in [3.05, 3.63) is 119 Å². The Kier molecular flexibility index (Phi) is 10.6. The van der Waals surface area contributed by atoms with Gasteiger partial charge in [0, 0.05) is 0 Å². The molecule has 30 heavy (non-hydrogen) atoms. The number of hydrogen-bond acceptors (Lipinski definition) is 0. The average Bonchev–Trinajstić information content (AvgIpc) is 3.27. The van der Waals surface area contributed by atoms with Crippen molar-refractivity contribution < 1.29 is 63.4 Å². The number of fused-ring (bicyclic) bond motifs is 6. The SMILES string of the molecule is [Cl-].[Cl-].[Cl-].[Zr+3].[c-]1cccc2c1Cc1ccccc1-2.[c-]1cccc2c1Cc1ccccc1-2. The number of benzene rings is 4. The normalized spacial score (nSPS) is 10.7. The second kappa shape index (κ2) is 11.9. The molecule has 2 aliphatic carbocycles. The van der Waals surface area contributed by atoms with Crippen LogP contribution in [0.2, 0.25) is 0 Å². The van der Waals surface area contributed by atoms with Crippen molar-refractivity contribution in [1.29, 1.82) is 0 Å². The fraction of sp³-hybridized carbons (Fsp3) is 0.0769. The van der Waals surface area contributed by atoms with Gasteiger partial charge >= 0.3 is 26.2 Å². The van der Waals surface area contributed by atoms with Crippen molar-refractivity contribution in [2.45, 2.75) is 12.8 Å². The van der Waals surface area contributed by atoms with E-state index in [0.29, 0.717) is 0 Å². The fourth-order valence-electron chi connectivity index (χ4n) is 4.00. The minimum Gasteiger partial charge on any atom is -1.00 e. The van der Waals surface area contributed by atoms with E-state index in [1.807, 2.05) is 12.1 Å². The largest absolute Gasteiger partial charge is 3.00 e. The topological polar surface area (TPSA) is 0 Å². The quantitative estimate of drug-likeness (QED) is 0.186. The minimum absolute atomic E-state index is 0. The van der Waals surface area contributed by atoms with E-state index in [0.717, 1.165) is 12.8 Å². The van der Waals surface area contributed by atoms with E-state index in [1.54, 1.807) is 0 Å². The van der Waals surface area contributed by atoms with Crippen LogP contribution < -0.4 is 37.2 Å². The van der Waals surface area contributed by atoms with Crippen LogP contribution >= 0.6 is 0 Å². The molecule has 0 atom stereocenters. The van der Waals surface area contributed by atoms with E-state index in [1.165, 1.54) is 44.5 Å². The van der Waals surface area contributed by atoms with Gasteiger partial charge in [-0.3, -0.25) is 0 Å². The first-order chi connectivity index (χ1) is 12.9. The van der Waals surface area contributed by atoms with Crippen molar-refractivity contribution >= 4 is 0 Å². The summed E-state index contributed by atoms with van der Waals surface area (Å²) in [5.74, 6) is 0. The van der Waals surface area contributed by atoms with Crippen LogP contribution in [-0.2, 0) is 39.0 Å². The van der Waals surface area contributed by atoms with Gasteiger partial charge in [-0.2, -0.15) is 59.7 Å². The van der Waals surface area contributed by atoms with Crippen molar-refractivity contribution in [3.63, 3.8) is 0 Å². The van der Waals surface area contributed by atoms with Crippen molar-refractivity contribution in [1.82, 2.24) is 0 Å². The van der Waals surface area contributed by atoms with E-state index in [-0.39, 0.29) is 63.4 Å². The van der Waals surface area contributed by atoms with Crippen molar-refractivity contribution in [3.8, 4) is 22.3 Å². The third kappa shape index (κ3) is 5.09. The smallest absolute Gasteiger partial charge is 1.00 e. The van der Waals surface area contributed by atoms with Crippen molar-refractivity contribution in [2.75, 3.05) is 0 Å². The number of halogens is 3. The van der Waals surface area contributed by atoms with Gasteiger partial charge in [-0.25, -0.2) is 0 Å². The van der Waals surface area contributed by atoms with Gasteiger partial charge in [-0.1, -0.05) is 70.8 Å². The zero-order chi connectivity index (χ0) is 17.3. The van der Waals surface area contributed by atoms with Crippen LogP contribution in [0.25, 0.3) is 22.3 Å². The Hall–Kier alpha value is -1.37. The zero-order valence-electron chi connectivity index (χ0n) is 16.1. The van der Waals surface area contributed by atoms with E-state index < -0.39 is 0 Å². The maximum Gasteiger partial charge on any atom is 3.00 e. The average molecular weight is 528 g/mol. The van der Waals surface area contributed by atoms with Gasteiger partial charge < -0.3 is 37.2 Å². The molecule has 4 aromatic carbocycles. The summed E-state index contributed by atoms with van der Waals surface area (Å²) in [5.41, 5.74) is 11.0. The summed E-state index contributed by atoms with van der Waals surface area (Å²) in [6.45, 7) is 0. The van der Waals surface area contributed by atoms with Gasteiger partial charge in [-0.15, -0.1) is 11.1 Å². The Labute approximate surface area is 216 Å². The molecule has 0 aliphatic heterocycles. The summed E-state index contributed by atoms with van der Waals surface area (Å²) >= 11 is 0. The Morgan fingerprint density at radius 3 is 1.27 bits per heavy atom. The van der Waals surface area contributed by atoms with Gasteiger partial charge in [0.2, 0.25) is 0 Å². The van der Waals surface area contributed by atoms with Crippen molar-refractivity contribution in [2.24, 2.45) is 0 Å². The number of rotatable bonds is 0. The monoisotopic (exact) mass is 525 g/mol. The van der Waals surface area contributed by atoms with Crippen LogP contribution in [0.15, 0.2) is 84.9 Å². The molecule has 0 saturated heterocycles. The van der Waals surface area contributed by atoms with Crippen LogP contribution in [0.4, 0.5) is 0 Å². The van der Waals surface area contributed by atoms with E-state index in [4.69, 9.17) is 0 Å².